The summed E-state index contributed by atoms with van der Waals surface area (Å²) in [7, 11) is 0. The number of hydrogen-bond acceptors (Lipinski definition) is 2. The second-order valence-corrected chi connectivity index (χ2v) is 3.90. The Balaban J connectivity index is 2.31. The van der Waals surface area contributed by atoms with E-state index in [0.29, 0.717) is 0 Å². The van der Waals surface area contributed by atoms with Gasteiger partial charge in [-0.2, -0.15) is 0 Å². The third-order valence-corrected chi connectivity index (χ3v) is 3.11. The van der Waals surface area contributed by atoms with Gasteiger partial charge in [0, 0.05) is 11.4 Å². The molecule has 0 saturated carbocycles. The molecule has 1 atom stereocenters. The Morgan fingerprint density at radius 2 is 2.31 bits per heavy atom. The third kappa shape index (κ3) is 1.58. The van der Waals surface area contributed by atoms with Gasteiger partial charge in [0.15, 0.2) is 0 Å². The second kappa shape index (κ2) is 3.44. The Morgan fingerprint density at radius 3 is 3.08 bits per heavy atom. The molecule has 0 bridgehead atoms. The van der Waals surface area contributed by atoms with Gasteiger partial charge in [-0.15, -0.1) is 0 Å². The van der Waals surface area contributed by atoms with Crippen LogP contribution in [0, 0.1) is 12.8 Å². The van der Waals surface area contributed by atoms with Crippen molar-refractivity contribution in [2.45, 2.75) is 39.5 Å². The van der Waals surface area contributed by atoms with Crippen LogP contribution in [0.2, 0.25) is 0 Å². The normalized spacial score (nSPS) is 21.2. The Hall–Kier alpha value is -0.920. The quantitative estimate of drug-likeness (QED) is 0.656. The number of hydrogen-bond donors (Lipinski definition) is 0. The van der Waals surface area contributed by atoms with Gasteiger partial charge in [-0.1, -0.05) is 13.3 Å². The van der Waals surface area contributed by atoms with E-state index in [-0.39, 0.29) is 0 Å². The fourth-order valence-electron chi connectivity index (χ4n) is 2.12. The summed E-state index contributed by atoms with van der Waals surface area (Å²) in [6.45, 7) is 4.36. The lowest BCUT2D eigenvalue weighted by Crippen LogP contribution is -2.16. The average Bonchev–Trinajstić information content (AvgIpc) is 2.18. The van der Waals surface area contributed by atoms with Gasteiger partial charge in [0.05, 0.1) is 0 Å². The van der Waals surface area contributed by atoms with E-state index in [2.05, 4.69) is 23.8 Å². The van der Waals surface area contributed by atoms with Gasteiger partial charge in [-0.25, -0.2) is 9.97 Å². The summed E-state index contributed by atoms with van der Waals surface area (Å²) >= 11 is 0. The fraction of sp³-hybridized carbons (Fsp3) is 0.636. The first kappa shape index (κ1) is 8.67. The van der Waals surface area contributed by atoms with E-state index in [9.17, 15) is 0 Å². The zero-order chi connectivity index (χ0) is 9.26. The van der Waals surface area contributed by atoms with Gasteiger partial charge in [-0.05, 0) is 37.7 Å². The van der Waals surface area contributed by atoms with Crippen LogP contribution >= 0.6 is 0 Å². The van der Waals surface area contributed by atoms with E-state index in [1.165, 1.54) is 36.2 Å². The SMILES string of the molecule is CC[C@H]1CCc2c(C)ncnc2C1. The van der Waals surface area contributed by atoms with E-state index < -0.39 is 0 Å². The van der Waals surface area contributed by atoms with E-state index in [1.807, 2.05) is 0 Å². The first-order chi connectivity index (χ1) is 6.31. The highest BCUT2D eigenvalue weighted by atomic mass is 14.8. The summed E-state index contributed by atoms with van der Waals surface area (Å²) in [5, 5.41) is 0. The lowest BCUT2D eigenvalue weighted by atomic mass is 9.85. The van der Waals surface area contributed by atoms with Crippen LogP contribution in [-0.4, -0.2) is 9.97 Å². The predicted octanol–water partition coefficient (Wildman–Crippen LogP) is 2.30. The number of fused-ring (bicyclic) bond motifs is 1. The van der Waals surface area contributed by atoms with Crippen molar-refractivity contribution in [3.8, 4) is 0 Å². The molecule has 0 aromatic carbocycles. The smallest absolute Gasteiger partial charge is 0.115 e. The highest BCUT2D eigenvalue weighted by Crippen LogP contribution is 2.26. The van der Waals surface area contributed by atoms with Crippen LogP contribution < -0.4 is 0 Å². The topological polar surface area (TPSA) is 25.8 Å². The molecule has 2 nitrogen and oxygen atoms in total. The van der Waals surface area contributed by atoms with Crippen LogP contribution in [0.25, 0.3) is 0 Å². The summed E-state index contributed by atoms with van der Waals surface area (Å²) in [6.07, 6.45) is 6.64. The van der Waals surface area contributed by atoms with Gasteiger partial charge < -0.3 is 0 Å². The molecule has 1 heterocycles. The van der Waals surface area contributed by atoms with Crippen LogP contribution in [0.1, 0.15) is 36.7 Å². The molecule has 0 spiro atoms. The minimum absolute atomic E-state index is 0.849. The molecule has 13 heavy (non-hydrogen) atoms. The van der Waals surface area contributed by atoms with E-state index in [1.54, 1.807) is 6.33 Å². The molecule has 1 aliphatic rings. The predicted molar refractivity (Wildman–Crippen MR) is 52.6 cm³/mol. The summed E-state index contributed by atoms with van der Waals surface area (Å²) in [5.41, 5.74) is 3.89. The molecular weight excluding hydrogens is 160 g/mol. The van der Waals surface area contributed by atoms with Crippen molar-refractivity contribution < 1.29 is 0 Å². The van der Waals surface area contributed by atoms with Crippen molar-refractivity contribution in [3.63, 3.8) is 0 Å². The number of aromatic nitrogens is 2. The molecule has 0 fully saturated rings. The largest absolute Gasteiger partial charge is 0.241 e. The standard InChI is InChI=1S/C11H16N2/c1-3-9-4-5-10-8(2)12-7-13-11(10)6-9/h7,9H,3-6H2,1-2H3/t9-/m0/s1. The van der Waals surface area contributed by atoms with Crippen molar-refractivity contribution in [3.05, 3.63) is 23.3 Å². The van der Waals surface area contributed by atoms with Crippen molar-refractivity contribution >= 4 is 0 Å². The van der Waals surface area contributed by atoms with Crippen LogP contribution in [-0.2, 0) is 12.8 Å². The molecule has 0 saturated heterocycles. The van der Waals surface area contributed by atoms with Gasteiger partial charge in [-0.3, -0.25) is 0 Å². The van der Waals surface area contributed by atoms with Gasteiger partial charge in [0.1, 0.15) is 6.33 Å². The number of aryl methyl sites for hydroxylation is 1. The van der Waals surface area contributed by atoms with Gasteiger partial charge in [0.25, 0.3) is 0 Å². The summed E-state index contributed by atoms with van der Waals surface area (Å²) in [5.74, 6) is 0.849. The van der Waals surface area contributed by atoms with Crippen molar-refractivity contribution in [1.82, 2.24) is 9.97 Å². The minimum atomic E-state index is 0.849. The second-order valence-electron chi connectivity index (χ2n) is 3.90. The molecular formula is C11H16N2. The number of rotatable bonds is 1. The summed E-state index contributed by atoms with van der Waals surface area (Å²) in [4.78, 5) is 8.60. The molecule has 0 amide bonds. The van der Waals surface area contributed by atoms with Crippen molar-refractivity contribution in [2.24, 2.45) is 5.92 Å². The zero-order valence-corrected chi connectivity index (χ0v) is 8.38. The van der Waals surface area contributed by atoms with Crippen LogP contribution in [0.5, 0.6) is 0 Å². The molecule has 0 aliphatic heterocycles. The van der Waals surface area contributed by atoms with Gasteiger partial charge >= 0.3 is 0 Å². The van der Waals surface area contributed by atoms with E-state index >= 15 is 0 Å². The molecule has 1 aromatic rings. The average molecular weight is 176 g/mol. The zero-order valence-electron chi connectivity index (χ0n) is 8.38. The summed E-state index contributed by atoms with van der Waals surface area (Å²) < 4.78 is 0. The van der Waals surface area contributed by atoms with E-state index in [0.717, 1.165) is 12.3 Å². The molecule has 0 radical (unpaired) electrons. The molecule has 70 valence electrons. The van der Waals surface area contributed by atoms with Gasteiger partial charge in [0.2, 0.25) is 0 Å². The Labute approximate surface area is 79.4 Å². The maximum absolute atomic E-state index is 4.37. The molecule has 1 aliphatic carbocycles. The monoisotopic (exact) mass is 176 g/mol. The molecule has 2 rings (SSSR count). The molecule has 0 N–H and O–H groups in total. The lowest BCUT2D eigenvalue weighted by molar-refractivity contribution is 0.435. The molecule has 2 heteroatoms. The fourth-order valence-corrected chi connectivity index (χ4v) is 2.12. The van der Waals surface area contributed by atoms with Crippen LogP contribution in [0.15, 0.2) is 6.33 Å². The maximum atomic E-state index is 4.37. The lowest BCUT2D eigenvalue weighted by Gasteiger charge is -2.23. The molecule has 0 unspecified atom stereocenters. The Bertz CT molecular complexity index is 307. The number of nitrogens with zero attached hydrogens (tertiary/aromatic N) is 2. The Kier molecular flexibility index (Phi) is 2.30. The highest BCUT2D eigenvalue weighted by Gasteiger charge is 2.19. The summed E-state index contributed by atoms with van der Waals surface area (Å²) in [6, 6.07) is 0. The minimum Gasteiger partial charge on any atom is -0.241 e. The van der Waals surface area contributed by atoms with Crippen LogP contribution in [0.4, 0.5) is 0 Å². The first-order valence-electron chi connectivity index (χ1n) is 5.10. The highest BCUT2D eigenvalue weighted by molar-refractivity contribution is 5.26. The Morgan fingerprint density at radius 1 is 1.46 bits per heavy atom. The van der Waals surface area contributed by atoms with Crippen molar-refractivity contribution in [2.75, 3.05) is 0 Å². The third-order valence-electron chi connectivity index (χ3n) is 3.11. The van der Waals surface area contributed by atoms with Crippen LogP contribution in [0.3, 0.4) is 0 Å². The van der Waals surface area contributed by atoms with Crippen molar-refractivity contribution in [1.29, 1.82) is 0 Å². The first-order valence-corrected chi connectivity index (χ1v) is 5.10. The maximum Gasteiger partial charge on any atom is 0.115 e. The molecule has 1 aromatic heterocycles. The van der Waals surface area contributed by atoms with E-state index in [4.69, 9.17) is 0 Å².